The third-order valence-corrected chi connectivity index (χ3v) is 3.52. The Labute approximate surface area is 129 Å². The van der Waals surface area contributed by atoms with Crippen molar-refractivity contribution in [3.8, 4) is 5.75 Å². The highest BCUT2D eigenvalue weighted by Gasteiger charge is 2.48. The summed E-state index contributed by atoms with van der Waals surface area (Å²) < 4.78 is 36.4. The van der Waals surface area contributed by atoms with Crippen LogP contribution in [0.5, 0.6) is 5.75 Å². The summed E-state index contributed by atoms with van der Waals surface area (Å²) in [6.07, 6.45) is -2.58. The topological polar surface area (TPSA) is 55.8 Å². The third kappa shape index (κ3) is 3.94. The Balaban J connectivity index is 3.24. The number of methoxy groups -OCH3 is 1. The maximum atomic E-state index is 13.4. The number of ether oxygens (including phenoxy) is 2. The van der Waals surface area contributed by atoms with Gasteiger partial charge in [0.05, 0.1) is 13.7 Å². The summed E-state index contributed by atoms with van der Waals surface area (Å²) in [5, 5.41) is 10.8. The van der Waals surface area contributed by atoms with E-state index in [0.29, 0.717) is 18.8 Å². The lowest BCUT2D eigenvalue weighted by Gasteiger charge is -2.34. The Hall–Kier alpha value is -1.69. The molecule has 0 aromatic heterocycles. The summed E-state index contributed by atoms with van der Waals surface area (Å²) in [6, 6.07) is 6.16. The summed E-state index contributed by atoms with van der Waals surface area (Å²) in [5.74, 6) is -2.49. The number of alkyl halides is 2. The van der Waals surface area contributed by atoms with Crippen LogP contribution in [-0.4, -0.2) is 31.2 Å². The van der Waals surface area contributed by atoms with E-state index in [2.05, 4.69) is 4.74 Å². The first-order valence-electron chi connectivity index (χ1n) is 7.22. The van der Waals surface area contributed by atoms with E-state index in [-0.39, 0.29) is 12.0 Å². The minimum atomic E-state index is -3.03. The number of aliphatic hydroxyl groups is 1. The number of esters is 1. The SMILES string of the molecule is CCCC(O)(c1ccc(OCC)cc1)C(C(=O)OC)C(F)F. The number of halogens is 2. The van der Waals surface area contributed by atoms with Crippen LogP contribution in [0.1, 0.15) is 32.3 Å². The zero-order valence-electron chi connectivity index (χ0n) is 13.0. The molecule has 4 nitrogen and oxygen atoms in total. The highest BCUT2D eigenvalue weighted by molar-refractivity contribution is 5.74. The van der Waals surface area contributed by atoms with Crippen LogP contribution in [0.25, 0.3) is 0 Å². The molecule has 2 atom stereocenters. The van der Waals surface area contributed by atoms with Gasteiger partial charge < -0.3 is 14.6 Å². The van der Waals surface area contributed by atoms with Crippen molar-refractivity contribution in [2.24, 2.45) is 5.92 Å². The Morgan fingerprint density at radius 1 is 1.27 bits per heavy atom. The minimum Gasteiger partial charge on any atom is -0.494 e. The lowest BCUT2D eigenvalue weighted by Crippen LogP contribution is -2.44. The zero-order valence-corrected chi connectivity index (χ0v) is 13.0. The van der Waals surface area contributed by atoms with Crippen LogP contribution in [0.15, 0.2) is 24.3 Å². The molecule has 1 aromatic carbocycles. The average molecular weight is 316 g/mol. The summed E-state index contributed by atoms with van der Waals surface area (Å²) in [5.41, 5.74) is -1.74. The first kappa shape index (κ1) is 18.4. The molecule has 1 rings (SSSR count). The normalized spacial score (nSPS) is 15.2. The van der Waals surface area contributed by atoms with Crippen molar-refractivity contribution >= 4 is 5.97 Å². The van der Waals surface area contributed by atoms with Crippen molar-refractivity contribution < 1.29 is 28.2 Å². The van der Waals surface area contributed by atoms with Crippen LogP contribution < -0.4 is 4.74 Å². The molecule has 0 bridgehead atoms. The first-order valence-corrected chi connectivity index (χ1v) is 7.22. The lowest BCUT2D eigenvalue weighted by atomic mass is 9.78. The molecule has 0 saturated heterocycles. The van der Waals surface area contributed by atoms with E-state index >= 15 is 0 Å². The second-order valence-electron chi connectivity index (χ2n) is 4.97. The van der Waals surface area contributed by atoms with Gasteiger partial charge in [-0.1, -0.05) is 25.5 Å². The second-order valence-corrected chi connectivity index (χ2v) is 4.97. The van der Waals surface area contributed by atoms with Gasteiger partial charge in [-0.2, -0.15) is 0 Å². The Morgan fingerprint density at radius 2 is 1.86 bits per heavy atom. The number of rotatable bonds is 8. The van der Waals surface area contributed by atoms with Crippen molar-refractivity contribution in [2.75, 3.05) is 13.7 Å². The van der Waals surface area contributed by atoms with Crippen molar-refractivity contribution in [3.05, 3.63) is 29.8 Å². The molecule has 1 N–H and O–H groups in total. The molecule has 124 valence electrons. The van der Waals surface area contributed by atoms with Crippen molar-refractivity contribution in [1.82, 2.24) is 0 Å². The van der Waals surface area contributed by atoms with Crippen LogP contribution in [0, 0.1) is 5.92 Å². The van der Waals surface area contributed by atoms with E-state index in [1.54, 1.807) is 19.1 Å². The summed E-state index contributed by atoms with van der Waals surface area (Å²) in [7, 11) is 1.03. The van der Waals surface area contributed by atoms with Gasteiger partial charge in [-0.3, -0.25) is 4.79 Å². The van der Waals surface area contributed by atoms with Crippen LogP contribution in [0.2, 0.25) is 0 Å². The predicted octanol–water partition coefficient (Wildman–Crippen LogP) is 3.13. The van der Waals surface area contributed by atoms with E-state index in [1.807, 2.05) is 6.92 Å². The summed E-state index contributed by atoms with van der Waals surface area (Å²) >= 11 is 0. The number of carbonyl (C=O) groups is 1. The molecular weight excluding hydrogens is 294 g/mol. The largest absolute Gasteiger partial charge is 0.494 e. The van der Waals surface area contributed by atoms with Crippen LogP contribution in [0.3, 0.4) is 0 Å². The number of carbonyl (C=O) groups excluding carboxylic acids is 1. The number of hydrogen-bond donors (Lipinski definition) is 1. The molecule has 2 unspecified atom stereocenters. The molecule has 0 aliphatic heterocycles. The fourth-order valence-corrected chi connectivity index (χ4v) is 2.50. The summed E-state index contributed by atoms with van der Waals surface area (Å²) in [4.78, 5) is 11.7. The van der Waals surface area contributed by atoms with E-state index in [1.165, 1.54) is 12.1 Å². The van der Waals surface area contributed by atoms with Gasteiger partial charge in [-0.25, -0.2) is 8.78 Å². The molecule has 0 aliphatic carbocycles. The first-order chi connectivity index (χ1) is 10.4. The second kappa shape index (κ2) is 8.08. The maximum Gasteiger partial charge on any atom is 0.317 e. The molecule has 0 radical (unpaired) electrons. The van der Waals surface area contributed by atoms with Crippen LogP contribution >= 0.6 is 0 Å². The zero-order chi connectivity index (χ0) is 16.8. The van der Waals surface area contributed by atoms with Crippen molar-refractivity contribution in [1.29, 1.82) is 0 Å². The molecule has 1 aromatic rings. The molecule has 0 saturated carbocycles. The fourth-order valence-electron chi connectivity index (χ4n) is 2.50. The van der Waals surface area contributed by atoms with Gasteiger partial charge in [0.1, 0.15) is 11.4 Å². The van der Waals surface area contributed by atoms with Crippen LogP contribution in [-0.2, 0) is 15.1 Å². The Bertz CT molecular complexity index is 476. The van der Waals surface area contributed by atoms with Gasteiger partial charge >= 0.3 is 5.97 Å². The van der Waals surface area contributed by atoms with Gasteiger partial charge in [-0.15, -0.1) is 0 Å². The van der Waals surface area contributed by atoms with Gasteiger partial charge in [0.25, 0.3) is 6.43 Å². The van der Waals surface area contributed by atoms with Gasteiger partial charge in [0, 0.05) is 0 Å². The molecular formula is C16H22F2O4. The van der Waals surface area contributed by atoms with E-state index in [0.717, 1.165) is 7.11 Å². The third-order valence-electron chi connectivity index (χ3n) is 3.52. The van der Waals surface area contributed by atoms with E-state index < -0.39 is 23.9 Å². The highest BCUT2D eigenvalue weighted by Crippen LogP contribution is 2.39. The molecule has 22 heavy (non-hydrogen) atoms. The standard InChI is InChI=1S/C16H22F2O4/c1-4-10-16(20,13(14(17)18)15(19)21-3)11-6-8-12(9-7-11)22-5-2/h6-9,13-14,20H,4-5,10H2,1-3H3. The Morgan fingerprint density at radius 3 is 2.27 bits per heavy atom. The van der Waals surface area contributed by atoms with Gasteiger partial charge in [-0.05, 0) is 31.0 Å². The number of benzene rings is 1. The molecule has 6 heteroatoms. The molecule has 0 heterocycles. The summed E-state index contributed by atoms with van der Waals surface area (Å²) in [6.45, 7) is 4.05. The Kier molecular flexibility index (Phi) is 6.74. The number of hydrogen-bond acceptors (Lipinski definition) is 4. The monoisotopic (exact) mass is 316 g/mol. The fraction of sp³-hybridized carbons (Fsp3) is 0.562. The lowest BCUT2D eigenvalue weighted by molar-refractivity contribution is -0.170. The average Bonchev–Trinajstić information content (AvgIpc) is 2.48. The van der Waals surface area contributed by atoms with Crippen molar-refractivity contribution in [3.63, 3.8) is 0 Å². The van der Waals surface area contributed by atoms with Gasteiger partial charge in [0.15, 0.2) is 5.92 Å². The quantitative estimate of drug-likeness (QED) is 0.749. The molecule has 0 fully saturated rings. The smallest absolute Gasteiger partial charge is 0.317 e. The molecule has 0 amide bonds. The van der Waals surface area contributed by atoms with Gasteiger partial charge in [0.2, 0.25) is 0 Å². The highest BCUT2D eigenvalue weighted by atomic mass is 19.3. The predicted molar refractivity (Wildman–Crippen MR) is 77.9 cm³/mol. The molecule has 0 aliphatic rings. The maximum absolute atomic E-state index is 13.4. The molecule has 0 spiro atoms. The van der Waals surface area contributed by atoms with Crippen molar-refractivity contribution in [2.45, 2.75) is 38.7 Å². The van der Waals surface area contributed by atoms with E-state index in [4.69, 9.17) is 4.74 Å². The minimum absolute atomic E-state index is 0.0189. The van der Waals surface area contributed by atoms with E-state index in [9.17, 15) is 18.7 Å². The van der Waals surface area contributed by atoms with Crippen LogP contribution in [0.4, 0.5) is 8.78 Å².